The van der Waals surface area contributed by atoms with Crippen molar-refractivity contribution in [3.63, 3.8) is 0 Å². The zero-order valence-corrected chi connectivity index (χ0v) is 12.4. The number of ether oxygens (including phenoxy) is 2. The van der Waals surface area contributed by atoms with Crippen LogP contribution in [0.5, 0.6) is 11.5 Å². The van der Waals surface area contributed by atoms with E-state index in [9.17, 15) is 4.79 Å². The highest BCUT2D eigenvalue weighted by Crippen LogP contribution is 2.35. The number of hydrogen-bond donors (Lipinski definition) is 3. The normalized spacial score (nSPS) is 15.0. The molecular weight excluding hydrogens is 294 g/mol. The highest BCUT2D eigenvalue weighted by atomic mass is 16.7. The van der Waals surface area contributed by atoms with E-state index in [1.807, 2.05) is 12.1 Å². The fourth-order valence-electron chi connectivity index (χ4n) is 2.79. The Balaban J connectivity index is 2.06. The van der Waals surface area contributed by atoms with Gasteiger partial charge in [0.25, 0.3) is 0 Å². The fraction of sp³-hybridized carbons (Fsp3) is 0.176. The third-order valence-corrected chi connectivity index (χ3v) is 4.05. The van der Waals surface area contributed by atoms with Crippen LogP contribution in [0.3, 0.4) is 0 Å². The second-order valence-electron chi connectivity index (χ2n) is 5.41. The van der Waals surface area contributed by atoms with Crippen molar-refractivity contribution in [2.45, 2.75) is 11.8 Å². The molecule has 0 fully saturated rings. The van der Waals surface area contributed by atoms with Crippen LogP contribution in [-0.4, -0.2) is 18.5 Å². The van der Waals surface area contributed by atoms with Gasteiger partial charge in [-0.25, -0.2) is 0 Å². The first-order valence-corrected chi connectivity index (χ1v) is 7.12. The van der Waals surface area contributed by atoms with Crippen LogP contribution >= 0.6 is 0 Å². The van der Waals surface area contributed by atoms with Crippen LogP contribution in [0.15, 0.2) is 48.5 Å². The Morgan fingerprint density at radius 2 is 1.78 bits per heavy atom. The number of carbonyl (C=O) groups excluding carboxylic acids is 1. The summed E-state index contributed by atoms with van der Waals surface area (Å²) in [5.74, 6) is 0.321. The van der Waals surface area contributed by atoms with Crippen molar-refractivity contribution in [3.05, 3.63) is 59.7 Å². The molecule has 1 heterocycles. The van der Waals surface area contributed by atoms with Crippen molar-refractivity contribution in [1.82, 2.24) is 0 Å². The minimum Gasteiger partial charge on any atom is -0.454 e. The Bertz CT molecular complexity index is 745. The number of primary amides is 1. The Hall–Kier alpha value is -3.02. The molecule has 6 nitrogen and oxygen atoms in total. The van der Waals surface area contributed by atoms with Crippen LogP contribution < -0.4 is 20.9 Å². The largest absolute Gasteiger partial charge is 0.454 e. The Morgan fingerprint density at radius 3 is 2.43 bits per heavy atom. The second kappa shape index (κ2) is 5.64. The molecule has 1 aliphatic rings. The molecule has 0 bridgehead atoms. The van der Waals surface area contributed by atoms with Crippen LogP contribution in [0, 0.1) is 5.41 Å². The van der Waals surface area contributed by atoms with Gasteiger partial charge in [-0.15, -0.1) is 0 Å². The molecule has 2 aromatic carbocycles. The fourth-order valence-corrected chi connectivity index (χ4v) is 2.79. The van der Waals surface area contributed by atoms with E-state index in [0.717, 1.165) is 5.56 Å². The maximum Gasteiger partial charge on any atom is 0.236 e. The summed E-state index contributed by atoms with van der Waals surface area (Å²) in [6, 6.07) is 14.3. The molecule has 1 aliphatic heterocycles. The predicted molar refractivity (Wildman–Crippen MR) is 85.5 cm³/mol. The summed E-state index contributed by atoms with van der Waals surface area (Å²) < 4.78 is 10.6. The molecule has 118 valence electrons. The predicted octanol–water partition coefficient (Wildman–Crippen LogP) is 1.32. The summed E-state index contributed by atoms with van der Waals surface area (Å²) in [7, 11) is 0. The van der Waals surface area contributed by atoms with Crippen LogP contribution in [0.2, 0.25) is 0 Å². The quantitative estimate of drug-likeness (QED) is 0.571. The average molecular weight is 311 g/mol. The third-order valence-electron chi connectivity index (χ3n) is 4.05. The van der Waals surface area contributed by atoms with E-state index in [1.165, 1.54) is 0 Å². The van der Waals surface area contributed by atoms with Crippen LogP contribution in [-0.2, 0) is 16.6 Å². The van der Waals surface area contributed by atoms with Crippen molar-refractivity contribution in [2.24, 2.45) is 11.5 Å². The number of fused-ring (bicyclic) bond motifs is 1. The van der Waals surface area contributed by atoms with Crippen molar-refractivity contribution >= 4 is 11.7 Å². The standard InChI is InChI=1S/C17H17N3O3/c18-15(19)17(16(20)21,12-4-2-1-3-5-12)9-11-6-7-13-14(8-11)23-10-22-13/h1-8H,9-10H2,(H3,18,19)(H2,20,21). The van der Waals surface area contributed by atoms with Crippen molar-refractivity contribution in [2.75, 3.05) is 6.79 Å². The molecule has 0 saturated carbocycles. The molecule has 0 aliphatic carbocycles. The van der Waals surface area contributed by atoms with Gasteiger partial charge in [-0.05, 0) is 29.7 Å². The van der Waals surface area contributed by atoms with Gasteiger partial charge in [-0.2, -0.15) is 0 Å². The van der Waals surface area contributed by atoms with Gasteiger partial charge in [-0.3, -0.25) is 10.2 Å². The Kier molecular flexibility index (Phi) is 3.65. The smallest absolute Gasteiger partial charge is 0.236 e. The summed E-state index contributed by atoms with van der Waals surface area (Å²) in [6.45, 7) is 0.172. The maximum atomic E-state index is 12.2. The van der Waals surface area contributed by atoms with Gasteiger partial charge in [0.1, 0.15) is 11.3 Å². The molecule has 0 aromatic heterocycles. The molecule has 3 rings (SSSR count). The van der Waals surface area contributed by atoms with Crippen molar-refractivity contribution in [1.29, 1.82) is 5.41 Å². The highest BCUT2D eigenvalue weighted by Gasteiger charge is 2.42. The van der Waals surface area contributed by atoms with E-state index in [0.29, 0.717) is 17.1 Å². The summed E-state index contributed by atoms with van der Waals surface area (Å²) in [5.41, 5.74) is 11.4. The minimum absolute atomic E-state index is 0.172. The van der Waals surface area contributed by atoms with Gasteiger partial charge >= 0.3 is 0 Å². The number of carbonyl (C=O) groups is 1. The van der Waals surface area contributed by atoms with E-state index in [1.54, 1.807) is 36.4 Å². The number of nitrogens with one attached hydrogen (secondary N) is 1. The van der Waals surface area contributed by atoms with Crippen LogP contribution in [0.1, 0.15) is 11.1 Å². The first-order chi connectivity index (χ1) is 11.0. The molecular formula is C17H17N3O3. The molecule has 1 atom stereocenters. The summed E-state index contributed by atoms with van der Waals surface area (Å²) in [4.78, 5) is 12.2. The van der Waals surface area contributed by atoms with Gasteiger partial charge in [0, 0.05) is 0 Å². The SMILES string of the molecule is N=C(N)C(Cc1ccc2c(c1)OCO2)(C(N)=O)c1ccccc1. The molecule has 23 heavy (non-hydrogen) atoms. The maximum absolute atomic E-state index is 12.2. The number of nitrogens with two attached hydrogens (primary N) is 2. The third kappa shape index (κ3) is 2.48. The van der Waals surface area contributed by atoms with E-state index < -0.39 is 11.3 Å². The molecule has 0 spiro atoms. The number of benzene rings is 2. The van der Waals surface area contributed by atoms with E-state index in [4.69, 9.17) is 26.4 Å². The lowest BCUT2D eigenvalue weighted by atomic mass is 9.74. The summed E-state index contributed by atoms with van der Waals surface area (Å²) >= 11 is 0. The number of amidine groups is 1. The van der Waals surface area contributed by atoms with Crippen LogP contribution in [0.4, 0.5) is 0 Å². The molecule has 1 amide bonds. The van der Waals surface area contributed by atoms with E-state index >= 15 is 0 Å². The molecule has 0 saturated heterocycles. The summed E-state index contributed by atoms with van der Waals surface area (Å²) in [5, 5.41) is 7.99. The first kappa shape index (κ1) is 14.9. The molecule has 6 heteroatoms. The molecule has 2 aromatic rings. The van der Waals surface area contributed by atoms with Crippen molar-refractivity contribution < 1.29 is 14.3 Å². The van der Waals surface area contributed by atoms with Gasteiger partial charge in [0.15, 0.2) is 11.5 Å². The number of hydrogen-bond acceptors (Lipinski definition) is 4. The van der Waals surface area contributed by atoms with Gasteiger partial charge in [0.05, 0.1) is 0 Å². The highest BCUT2D eigenvalue weighted by molar-refractivity contribution is 6.11. The van der Waals surface area contributed by atoms with Gasteiger partial charge in [-0.1, -0.05) is 36.4 Å². The lowest BCUT2D eigenvalue weighted by Crippen LogP contribution is -2.52. The average Bonchev–Trinajstić information content (AvgIpc) is 3.00. The topological polar surface area (TPSA) is 111 Å². The van der Waals surface area contributed by atoms with Gasteiger partial charge < -0.3 is 20.9 Å². The number of rotatable bonds is 5. The minimum atomic E-state index is -1.39. The Labute approximate surface area is 133 Å². The Morgan fingerprint density at radius 1 is 1.09 bits per heavy atom. The monoisotopic (exact) mass is 311 g/mol. The second-order valence-corrected chi connectivity index (χ2v) is 5.41. The van der Waals surface area contributed by atoms with Gasteiger partial charge in [0.2, 0.25) is 12.7 Å². The molecule has 1 unspecified atom stereocenters. The number of amides is 1. The van der Waals surface area contributed by atoms with E-state index in [2.05, 4.69) is 0 Å². The summed E-state index contributed by atoms with van der Waals surface area (Å²) in [6.07, 6.45) is 0.179. The molecule has 0 radical (unpaired) electrons. The zero-order valence-electron chi connectivity index (χ0n) is 12.4. The molecule has 5 N–H and O–H groups in total. The lowest BCUT2D eigenvalue weighted by molar-refractivity contribution is -0.121. The van der Waals surface area contributed by atoms with E-state index in [-0.39, 0.29) is 19.0 Å². The first-order valence-electron chi connectivity index (χ1n) is 7.12. The zero-order chi connectivity index (χ0) is 16.4. The van der Waals surface area contributed by atoms with Crippen molar-refractivity contribution in [3.8, 4) is 11.5 Å². The lowest BCUT2D eigenvalue weighted by Gasteiger charge is -2.30. The van der Waals surface area contributed by atoms with Crippen LogP contribution in [0.25, 0.3) is 0 Å².